The van der Waals surface area contributed by atoms with Crippen LogP contribution >= 0.6 is 0 Å². The summed E-state index contributed by atoms with van der Waals surface area (Å²) >= 11 is 0. The summed E-state index contributed by atoms with van der Waals surface area (Å²) in [6.07, 6.45) is 0. The second-order valence-corrected chi connectivity index (χ2v) is 8.74. The molecular formula is C19H20F2N2O4S. The Kier molecular flexibility index (Phi) is 5.05. The van der Waals surface area contributed by atoms with Gasteiger partial charge in [0.15, 0.2) is 0 Å². The third kappa shape index (κ3) is 3.66. The number of hydrogen-bond donors (Lipinski definition) is 1. The van der Waals surface area contributed by atoms with Crippen molar-refractivity contribution in [3.05, 3.63) is 48.0 Å². The van der Waals surface area contributed by atoms with Crippen molar-refractivity contribution in [1.82, 2.24) is 0 Å². The predicted molar refractivity (Wildman–Crippen MR) is 101 cm³/mol. The molecule has 3 rings (SSSR count). The smallest absolute Gasteiger partial charge is 0.264 e. The van der Waals surface area contributed by atoms with Gasteiger partial charge >= 0.3 is 0 Å². The van der Waals surface area contributed by atoms with Crippen LogP contribution in [0.3, 0.4) is 0 Å². The van der Waals surface area contributed by atoms with Crippen LogP contribution in [0.2, 0.25) is 0 Å². The topological polar surface area (TPSA) is 75.7 Å². The lowest BCUT2D eigenvalue weighted by Crippen LogP contribution is -2.42. The Bertz CT molecular complexity index is 1040. The van der Waals surface area contributed by atoms with Gasteiger partial charge < -0.3 is 9.64 Å². The largest absolute Gasteiger partial charge is 0.490 e. The molecule has 9 heteroatoms. The van der Waals surface area contributed by atoms with Gasteiger partial charge in [-0.1, -0.05) is 0 Å². The van der Waals surface area contributed by atoms with Gasteiger partial charge in [0, 0.05) is 18.7 Å². The number of carbonyl (C=O) groups excluding carboxylic acids is 1. The van der Waals surface area contributed by atoms with Crippen LogP contribution in [-0.4, -0.2) is 27.5 Å². The first-order valence-electron chi connectivity index (χ1n) is 8.62. The number of ether oxygens (including phenoxy) is 1. The van der Waals surface area contributed by atoms with Crippen LogP contribution in [0.1, 0.15) is 20.8 Å². The second-order valence-electron chi connectivity index (χ2n) is 7.08. The molecule has 1 heterocycles. The maximum Gasteiger partial charge on any atom is 0.264 e. The molecule has 1 amide bonds. The van der Waals surface area contributed by atoms with Gasteiger partial charge in [-0.3, -0.25) is 9.52 Å². The molecule has 2 aromatic rings. The molecule has 0 radical (unpaired) electrons. The lowest BCUT2D eigenvalue weighted by atomic mass is 9.93. The molecule has 0 bridgehead atoms. The van der Waals surface area contributed by atoms with E-state index >= 15 is 0 Å². The van der Waals surface area contributed by atoms with Crippen LogP contribution in [0.25, 0.3) is 0 Å². The fourth-order valence-electron chi connectivity index (χ4n) is 2.93. The van der Waals surface area contributed by atoms with Crippen molar-refractivity contribution in [2.75, 3.05) is 22.8 Å². The van der Waals surface area contributed by atoms with E-state index in [0.29, 0.717) is 24.0 Å². The summed E-state index contributed by atoms with van der Waals surface area (Å²) in [6, 6.07) is 6.68. The van der Waals surface area contributed by atoms with Gasteiger partial charge in [0.2, 0.25) is 5.91 Å². The zero-order valence-electron chi connectivity index (χ0n) is 15.6. The molecule has 1 N–H and O–H groups in total. The van der Waals surface area contributed by atoms with Gasteiger partial charge in [0.05, 0.1) is 16.8 Å². The van der Waals surface area contributed by atoms with Crippen LogP contribution in [0.4, 0.5) is 20.2 Å². The van der Waals surface area contributed by atoms with Crippen LogP contribution < -0.4 is 14.4 Å². The summed E-state index contributed by atoms with van der Waals surface area (Å²) in [5, 5.41) is 0. The molecule has 2 aromatic carbocycles. The van der Waals surface area contributed by atoms with E-state index in [9.17, 15) is 22.0 Å². The average molecular weight is 410 g/mol. The van der Waals surface area contributed by atoms with Crippen molar-refractivity contribution in [3.8, 4) is 5.75 Å². The molecule has 0 fully saturated rings. The van der Waals surface area contributed by atoms with E-state index in [1.54, 1.807) is 24.8 Å². The minimum atomic E-state index is -4.28. The quantitative estimate of drug-likeness (QED) is 0.837. The summed E-state index contributed by atoms with van der Waals surface area (Å²) in [5.74, 6) is -1.83. The first-order chi connectivity index (χ1) is 13.0. The second kappa shape index (κ2) is 7.05. The fourth-order valence-corrected chi connectivity index (χ4v) is 4.04. The van der Waals surface area contributed by atoms with Gasteiger partial charge in [-0.25, -0.2) is 17.2 Å². The molecule has 0 aromatic heterocycles. The lowest BCUT2D eigenvalue weighted by Gasteiger charge is -2.26. The number of fused-ring (bicyclic) bond motifs is 1. The maximum atomic E-state index is 13.9. The Balaban J connectivity index is 1.96. The Morgan fingerprint density at radius 2 is 1.89 bits per heavy atom. The number of sulfonamides is 1. The van der Waals surface area contributed by atoms with E-state index < -0.39 is 32.0 Å². The molecule has 28 heavy (non-hydrogen) atoms. The van der Waals surface area contributed by atoms with Crippen LogP contribution in [0.15, 0.2) is 41.3 Å². The number of nitrogens with one attached hydrogen (secondary N) is 1. The molecule has 1 aliphatic heterocycles. The van der Waals surface area contributed by atoms with Crippen molar-refractivity contribution in [1.29, 1.82) is 0 Å². The molecule has 0 saturated heterocycles. The van der Waals surface area contributed by atoms with Gasteiger partial charge in [0.1, 0.15) is 28.9 Å². The highest BCUT2D eigenvalue weighted by atomic mass is 32.2. The molecule has 0 unspecified atom stereocenters. The number of halogens is 2. The number of hydrogen-bond acceptors (Lipinski definition) is 4. The van der Waals surface area contributed by atoms with Gasteiger partial charge in [-0.2, -0.15) is 0 Å². The average Bonchev–Trinajstić information content (AvgIpc) is 2.69. The molecule has 0 spiro atoms. The molecule has 0 atom stereocenters. The summed E-state index contributed by atoms with van der Waals surface area (Å²) < 4.78 is 59.9. The molecule has 150 valence electrons. The SMILES string of the molecule is CCN1C(=O)C(C)(C)COc2cc(NS(=O)(=O)c3ccc(F)cc3F)ccc21. The van der Waals surface area contributed by atoms with Gasteiger partial charge in [-0.15, -0.1) is 0 Å². The Morgan fingerprint density at radius 1 is 1.18 bits per heavy atom. The standard InChI is InChI=1S/C19H20F2N2O4S/c1-4-23-15-7-6-13(10-16(15)27-11-19(2,3)18(23)24)22-28(25,26)17-8-5-12(20)9-14(17)21/h5-10,22H,4,11H2,1-3H3. The molecular weight excluding hydrogens is 390 g/mol. The molecule has 6 nitrogen and oxygen atoms in total. The summed E-state index contributed by atoms with van der Waals surface area (Å²) in [4.78, 5) is 13.6. The monoisotopic (exact) mass is 410 g/mol. The zero-order valence-corrected chi connectivity index (χ0v) is 16.4. The van der Waals surface area contributed by atoms with E-state index in [1.807, 2.05) is 6.92 Å². The number of rotatable bonds is 4. The number of anilines is 2. The number of benzene rings is 2. The molecule has 1 aliphatic rings. The number of amides is 1. The number of nitrogens with zero attached hydrogens (tertiary/aromatic N) is 1. The summed E-state index contributed by atoms with van der Waals surface area (Å²) in [6.45, 7) is 5.91. The maximum absolute atomic E-state index is 13.9. The third-order valence-corrected chi connectivity index (χ3v) is 5.83. The van der Waals surface area contributed by atoms with E-state index in [4.69, 9.17) is 4.74 Å². The highest BCUT2D eigenvalue weighted by Crippen LogP contribution is 2.38. The van der Waals surface area contributed by atoms with Gasteiger partial charge in [0.25, 0.3) is 10.0 Å². The van der Waals surface area contributed by atoms with Crippen molar-refractivity contribution in [2.24, 2.45) is 5.41 Å². The van der Waals surface area contributed by atoms with Crippen LogP contribution in [0, 0.1) is 17.0 Å². The van der Waals surface area contributed by atoms with Crippen molar-refractivity contribution in [3.63, 3.8) is 0 Å². The van der Waals surface area contributed by atoms with Crippen LogP contribution in [-0.2, 0) is 14.8 Å². The van der Waals surface area contributed by atoms with E-state index in [-0.39, 0.29) is 18.2 Å². The Hall–Kier alpha value is -2.68. The third-order valence-electron chi connectivity index (χ3n) is 4.42. The van der Waals surface area contributed by atoms with Crippen LogP contribution in [0.5, 0.6) is 5.75 Å². The number of carbonyl (C=O) groups is 1. The Morgan fingerprint density at radius 3 is 2.54 bits per heavy atom. The van der Waals surface area contributed by atoms with E-state index in [0.717, 1.165) is 12.1 Å². The fraction of sp³-hybridized carbons (Fsp3) is 0.316. The van der Waals surface area contributed by atoms with E-state index in [2.05, 4.69) is 4.72 Å². The van der Waals surface area contributed by atoms with E-state index in [1.165, 1.54) is 12.1 Å². The first-order valence-corrected chi connectivity index (χ1v) is 10.1. The Labute approximate surface area is 162 Å². The highest BCUT2D eigenvalue weighted by molar-refractivity contribution is 7.92. The normalized spacial score (nSPS) is 16.2. The summed E-state index contributed by atoms with van der Waals surface area (Å²) in [7, 11) is -4.28. The molecule has 0 aliphatic carbocycles. The predicted octanol–water partition coefficient (Wildman–Crippen LogP) is 3.54. The van der Waals surface area contributed by atoms with Crippen molar-refractivity contribution < 1.29 is 26.7 Å². The minimum absolute atomic E-state index is 0.101. The van der Waals surface area contributed by atoms with Gasteiger partial charge in [-0.05, 0) is 45.0 Å². The zero-order chi connectivity index (χ0) is 20.7. The lowest BCUT2D eigenvalue weighted by molar-refractivity contribution is -0.127. The van der Waals surface area contributed by atoms with Crippen molar-refractivity contribution in [2.45, 2.75) is 25.7 Å². The molecule has 0 saturated carbocycles. The summed E-state index contributed by atoms with van der Waals surface area (Å²) in [5.41, 5.74) is -0.0916. The first kappa shape index (κ1) is 20.1. The van der Waals surface area contributed by atoms with Crippen molar-refractivity contribution >= 4 is 27.3 Å². The highest BCUT2D eigenvalue weighted by Gasteiger charge is 2.37. The minimum Gasteiger partial charge on any atom is -0.490 e.